The number of thiocarbonyl (C=S) groups is 1. The average Bonchev–Trinajstić information content (AvgIpc) is 2.71. The van der Waals surface area contributed by atoms with Crippen molar-refractivity contribution >= 4 is 48.9 Å². The maximum absolute atomic E-state index is 9.50. The summed E-state index contributed by atoms with van der Waals surface area (Å²) in [7, 11) is 1.53. The Hall–Kier alpha value is 0.709. The number of aliphatic hydroxyl groups is 5. The molecule has 0 saturated carbocycles. The molecule has 0 amide bonds. The van der Waals surface area contributed by atoms with Crippen molar-refractivity contribution in [1.82, 2.24) is 4.90 Å². The minimum atomic E-state index is -1.63. The molecular weight excluding hydrogens is 517 g/mol. The van der Waals surface area contributed by atoms with E-state index < -0.39 is 50.8 Å². The topological polar surface area (TPSA) is 104 Å². The summed E-state index contributed by atoms with van der Waals surface area (Å²) in [5.74, 6) is 0. The van der Waals surface area contributed by atoms with Crippen LogP contribution >= 0.6 is 12.2 Å². The molecule has 0 aromatic rings. The quantitative estimate of drug-likeness (QED) is 0.118. The second kappa shape index (κ2) is 20.6. The molecule has 9 heteroatoms. The summed E-state index contributed by atoms with van der Waals surface area (Å²) >= 11 is 8.48. The van der Waals surface area contributed by atoms with Crippen molar-refractivity contribution in [1.29, 1.82) is 0 Å². The standard InChI is InChI=1S/C8H17NO5S2.3C4H9.Sn/c1-9(8(15)16)2-4(11)6(13)7(14)5(12)3-10;3*1-3-4-2;/h4-7,10-14H,2-3H2,1H3,(H,15,16);3*1,3-4H2,2H3;/q;;;;+1/p-1/t4-,5+,6+,7+;;;;/m0..../s1. The van der Waals surface area contributed by atoms with Crippen molar-refractivity contribution in [3.8, 4) is 0 Å². The fraction of sp³-hybridized carbons (Fsp3) is 0.950. The van der Waals surface area contributed by atoms with Crippen molar-refractivity contribution in [2.75, 3.05) is 20.2 Å². The zero-order valence-corrected chi connectivity index (χ0v) is 23.1. The Bertz CT molecular complexity index is 377. The average molecular weight is 560 g/mol. The van der Waals surface area contributed by atoms with Gasteiger partial charge in [-0.25, -0.2) is 0 Å². The summed E-state index contributed by atoms with van der Waals surface area (Å²) in [6, 6.07) is 0. The Morgan fingerprint density at radius 2 is 1.24 bits per heavy atom. The number of unbranched alkanes of at least 4 members (excludes halogenated alkanes) is 3. The maximum Gasteiger partial charge on any atom is 0.111 e. The van der Waals surface area contributed by atoms with E-state index in [4.69, 9.17) is 10.2 Å². The molecule has 0 rings (SSSR count). The van der Waals surface area contributed by atoms with Crippen molar-refractivity contribution < 1.29 is 25.5 Å². The summed E-state index contributed by atoms with van der Waals surface area (Å²) in [4.78, 5) is 1.34. The van der Waals surface area contributed by atoms with Gasteiger partial charge in [-0.1, -0.05) is 4.32 Å². The van der Waals surface area contributed by atoms with Gasteiger partial charge in [0, 0.05) is 13.6 Å². The summed E-state index contributed by atoms with van der Waals surface area (Å²) < 4.78 is 5.15. The van der Waals surface area contributed by atoms with Crippen LogP contribution in [0.4, 0.5) is 0 Å². The minimum Gasteiger partial charge on any atom is -0.411 e. The van der Waals surface area contributed by atoms with E-state index in [1.54, 1.807) is 13.3 Å². The molecule has 0 spiro atoms. The van der Waals surface area contributed by atoms with Gasteiger partial charge >= 0.3 is 92.4 Å². The first-order valence-corrected chi connectivity index (χ1v) is 17.6. The fourth-order valence-corrected chi connectivity index (χ4v) is 12.3. The molecule has 0 unspecified atom stereocenters. The molecule has 0 saturated heterocycles. The van der Waals surface area contributed by atoms with E-state index in [0.29, 0.717) is 0 Å². The van der Waals surface area contributed by atoms with Crippen LogP contribution in [0.15, 0.2) is 0 Å². The molecule has 29 heavy (non-hydrogen) atoms. The van der Waals surface area contributed by atoms with Crippen LogP contribution in [-0.4, -0.2) is 99.1 Å². The van der Waals surface area contributed by atoms with Gasteiger partial charge in [0.2, 0.25) is 0 Å². The van der Waals surface area contributed by atoms with Gasteiger partial charge in [-0.2, -0.15) is 0 Å². The third-order valence-corrected chi connectivity index (χ3v) is 14.5. The normalized spacial score (nSPS) is 14.9. The van der Waals surface area contributed by atoms with Gasteiger partial charge in [0.05, 0.1) is 12.7 Å². The molecule has 0 aliphatic heterocycles. The Morgan fingerprint density at radius 1 is 0.862 bits per heavy atom. The van der Waals surface area contributed by atoms with E-state index >= 15 is 0 Å². The van der Waals surface area contributed by atoms with Crippen LogP contribution in [-0.2, 0) is 12.6 Å². The van der Waals surface area contributed by atoms with Crippen LogP contribution in [0.5, 0.6) is 0 Å². The van der Waals surface area contributed by atoms with Crippen molar-refractivity contribution in [3.63, 3.8) is 0 Å². The Morgan fingerprint density at radius 3 is 1.55 bits per heavy atom. The molecule has 0 aromatic heterocycles. The molecule has 0 aromatic carbocycles. The Labute approximate surface area is 195 Å². The first kappa shape index (κ1) is 31.9. The van der Waals surface area contributed by atoms with Gasteiger partial charge < -0.3 is 55.3 Å². The van der Waals surface area contributed by atoms with Crippen molar-refractivity contribution in [2.45, 2.75) is 97.0 Å². The Balaban J connectivity index is 0. The summed E-state index contributed by atoms with van der Waals surface area (Å²) in [5.41, 5.74) is 0. The first-order chi connectivity index (χ1) is 13.7. The van der Waals surface area contributed by atoms with Crippen molar-refractivity contribution in [3.05, 3.63) is 0 Å². The van der Waals surface area contributed by atoms with Crippen LogP contribution in [0.3, 0.4) is 0 Å². The number of likely N-dealkylation sites (N-methyl/N-ethyl adjacent to an activating group) is 1. The molecule has 0 aliphatic rings. The minimum absolute atomic E-state index is 0.0707. The van der Waals surface area contributed by atoms with Crippen LogP contribution in [0.1, 0.15) is 59.3 Å². The van der Waals surface area contributed by atoms with E-state index in [-0.39, 0.29) is 10.9 Å². The molecule has 0 bridgehead atoms. The van der Waals surface area contributed by atoms with Gasteiger partial charge in [-0.05, 0) is 0 Å². The predicted octanol–water partition coefficient (Wildman–Crippen LogP) is 2.07. The zero-order valence-electron chi connectivity index (χ0n) is 18.6. The number of aliphatic hydroxyl groups excluding tert-OH is 5. The van der Waals surface area contributed by atoms with E-state index in [9.17, 15) is 15.3 Å². The summed E-state index contributed by atoms with van der Waals surface area (Å²) in [6.45, 7) is 6.22. The number of rotatable bonds is 15. The molecule has 0 fully saturated rings. The summed E-state index contributed by atoms with van der Waals surface area (Å²) in [5, 5.41) is 45.9. The second-order valence-corrected chi connectivity index (χ2v) is 17.1. The van der Waals surface area contributed by atoms with Crippen molar-refractivity contribution in [2.24, 2.45) is 0 Å². The molecule has 4 atom stereocenters. The maximum atomic E-state index is 9.50. The summed E-state index contributed by atoms with van der Waals surface area (Å²) in [6.07, 6.45) is 2.79. The van der Waals surface area contributed by atoms with Gasteiger partial charge in [0.1, 0.15) is 18.3 Å². The van der Waals surface area contributed by atoms with Crippen LogP contribution in [0.2, 0.25) is 13.3 Å². The van der Waals surface area contributed by atoms with E-state index in [2.05, 4.69) is 45.6 Å². The third-order valence-electron chi connectivity index (χ3n) is 4.75. The van der Waals surface area contributed by atoms with Gasteiger partial charge in [-0.15, -0.1) is 0 Å². The zero-order chi connectivity index (χ0) is 22.8. The van der Waals surface area contributed by atoms with Gasteiger partial charge in [0.15, 0.2) is 0 Å². The van der Waals surface area contributed by atoms with E-state index in [1.165, 1.54) is 50.5 Å². The monoisotopic (exact) mass is 561 g/mol. The fourth-order valence-electron chi connectivity index (χ4n) is 2.68. The number of hydrogen-bond donors (Lipinski definition) is 5. The predicted molar refractivity (Wildman–Crippen MR) is 129 cm³/mol. The number of hydrogen-bond acceptors (Lipinski definition) is 7. The Kier molecular flexibility index (Phi) is 22.7. The second-order valence-electron chi connectivity index (χ2n) is 7.51. The number of nitrogens with zero attached hydrogens (tertiary/aromatic N) is 1. The molecule has 0 heterocycles. The van der Waals surface area contributed by atoms with E-state index in [0.717, 1.165) is 0 Å². The van der Waals surface area contributed by atoms with Crippen LogP contribution in [0.25, 0.3) is 0 Å². The molecule has 5 N–H and O–H groups in total. The molecular formula is C20H43NO5S2Sn. The van der Waals surface area contributed by atoms with Gasteiger partial charge in [0.25, 0.3) is 0 Å². The van der Waals surface area contributed by atoms with Crippen LogP contribution < -0.4 is 0 Å². The molecule has 0 radical (unpaired) electrons. The largest absolute Gasteiger partial charge is 0.411 e. The van der Waals surface area contributed by atoms with E-state index in [1.807, 2.05) is 0 Å². The van der Waals surface area contributed by atoms with Gasteiger partial charge in [-0.3, -0.25) is 0 Å². The SMILES string of the molecule is CCC[CH2][Sn+]([CH2]CCC)[CH2]CCC.CN(C[C@H](O)[C@@H](O)[C@H](O)[C@H](O)CO)C(=S)[S-]. The first-order valence-electron chi connectivity index (χ1n) is 10.7. The van der Waals surface area contributed by atoms with Crippen LogP contribution in [0, 0.1) is 0 Å². The third kappa shape index (κ3) is 17.0. The molecule has 0 aliphatic carbocycles. The molecule has 174 valence electrons. The molecule has 6 nitrogen and oxygen atoms in total. The smallest absolute Gasteiger partial charge is 0.111 e.